The molecule has 2 aliphatic rings. The molecule has 1 N–H and O–H groups in total. The van der Waals surface area contributed by atoms with Crippen LogP contribution in [0.3, 0.4) is 0 Å². The Morgan fingerprint density at radius 2 is 2.22 bits per heavy atom. The molecule has 4 rings (SSSR count). The zero-order valence-electron chi connectivity index (χ0n) is 13.0. The number of hydrogen-bond donors (Lipinski definition) is 1. The first-order valence-electron chi connectivity index (χ1n) is 7.97. The van der Waals surface area contributed by atoms with E-state index in [9.17, 15) is 4.79 Å². The molecule has 2 unspecified atom stereocenters. The molecule has 2 aromatic heterocycles. The van der Waals surface area contributed by atoms with Crippen LogP contribution in [0.1, 0.15) is 36.0 Å². The topological polar surface area (TPSA) is 81.9 Å². The molecular weight excluding hydrogens is 314 g/mol. The van der Waals surface area contributed by atoms with Crippen molar-refractivity contribution >= 4 is 16.7 Å². The lowest BCUT2D eigenvalue weighted by atomic mass is 9.97. The standard InChI is InChI=1S/C15H19N5O2S/c1-9-16-15(23-19-9)17-12-7-22-8-13(12)20-14(21)6-10-4-2-3-5-11(10)18-20/h6,12-13H,2-5,7-8H2,1H3,(H,16,17,19). The Kier molecular flexibility index (Phi) is 3.86. The van der Waals surface area contributed by atoms with Crippen LogP contribution in [-0.4, -0.2) is 38.4 Å². The van der Waals surface area contributed by atoms with Gasteiger partial charge in [-0.3, -0.25) is 4.79 Å². The number of aryl methyl sites for hydroxylation is 3. The van der Waals surface area contributed by atoms with E-state index >= 15 is 0 Å². The van der Waals surface area contributed by atoms with Gasteiger partial charge in [0.1, 0.15) is 11.9 Å². The zero-order valence-corrected chi connectivity index (χ0v) is 13.8. The second-order valence-corrected chi connectivity index (χ2v) is 6.86. The predicted octanol–water partition coefficient (Wildman–Crippen LogP) is 1.33. The van der Waals surface area contributed by atoms with Gasteiger partial charge in [-0.05, 0) is 38.2 Å². The van der Waals surface area contributed by atoms with E-state index in [1.165, 1.54) is 11.5 Å². The number of anilines is 1. The third-order valence-electron chi connectivity index (χ3n) is 4.43. The van der Waals surface area contributed by atoms with Gasteiger partial charge in [-0.1, -0.05) is 0 Å². The Balaban J connectivity index is 1.62. The summed E-state index contributed by atoms with van der Waals surface area (Å²) in [5.41, 5.74) is 2.13. The first-order valence-corrected chi connectivity index (χ1v) is 8.74. The summed E-state index contributed by atoms with van der Waals surface area (Å²) in [7, 11) is 0. The van der Waals surface area contributed by atoms with E-state index in [4.69, 9.17) is 4.74 Å². The van der Waals surface area contributed by atoms with Crippen LogP contribution in [0.5, 0.6) is 0 Å². The van der Waals surface area contributed by atoms with Gasteiger partial charge in [0.05, 0.1) is 24.9 Å². The van der Waals surface area contributed by atoms with Gasteiger partial charge < -0.3 is 10.1 Å². The largest absolute Gasteiger partial charge is 0.377 e. The molecule has 0 saturated carbocycles. The van der Waals surface area contributed by atoms with Gasteiger partial charge in [0.25, 0.3) is 5.56 Å². The fraction of sp³-hybridized carbons (Fsp3) is 0.600. The van der Waals surface area contributed by atoms with Crippen LogP contribution in [0.2, 0.25) is 0 Å². The first-order chi connectivity index (χ1) is 11.2. The fourth-order valence-corrected chi connectivity index (χ4v) is 3.89. The second kappa shape index (κ2) is 6.01. The number of hydrogen-bond acceptors (Lipinski definition) is 7. The summed E-state index contributed by atoms with van der Waals surface area (Å²) in [6.45, 7) is 2.88. The second-order valence-electron chi connectivity index (χ2n) is 6.11. The van der Waals surface area contributed by atoms with E-state index in [-0.39, 0.29) is 17.6 Å². The van der Waals surface area contributed by atoms with Gasteiger partial charge in [0, 0.05) is 17.6 Å². The highest BCUT2D eigenvalue weighted by Crippen LogP contribution is 2.24. The minimum Gasteiger partial charge on any atom is -0.377 e. The fourth-order valence-electron chi connectivity index (χ4n) is 3.25. The van der Waals surface area contributed by atoms with Gasteiger partial charge in [-0.2, -0.15) is 9.47 Å². The molecule has 0 aromatic carbocycles. The smallest absolute Gasteiger partial charge is 0.267 e. The lowest BCUT2D eigenvalue weighted by Crippen LogP contribution is -2.38. The number of nitrogens with one attached hydrogen (secondary N) is 1. The van der Waals surface area contributed by atoms with Crippen molar-refractivity contribution in [2.45, 2.75) is 44.7 Å². The molecule has 1 aliphatic heterocycles. The molecule has 0 amide bonds. The molecule has 1 saturated heterocycles. The van der Waals surface area contributed by atoms with Crippen molar-refractivity contribution < 1.29 is 4.74 Å². The maximum Gasteiger partial charge on any atom is 0.267 e. The van der Waals surface area contributed by atoms with Crippen LogP contribution in [0.4, 0.5) is 5.13 Å². The first kappa shape index (κ1) is 14.8. The summed E-state index contributed by atoms with van der Waals surface area (Å²) in [5, 5.41) is 8.74. The molecule has 0 radical (unpaired) electrons. The molecule has 1 aliphatic carbocycles. The van der Waals surface area contributed by atoms with Crippen molar-refractivity contribution in [3.63, 3.8) is 0 Å². The SMILES string of the molecule is Cc1nsc(NC2COCC2n2nc3c(cc2=O)CCCC3)n1. The number of aromatic nitrogens is 4. The van der Waals surface area contributed by atoms with Gasteiger partial charge in [0.15, 0.2) is 0 Å². The summed E-state index contributed by atoms with van der Waals surface area (Å²) in [6, 6.07) is 1.62. The number of ether oxygens (including phenoxy) is 1. The molecule has 1 fully saturated rings. The summed E-state index contributed by atoms with van der Waals surface area (Å²) >= 11 is 1.33. The normalized spacial score (nSPS) is 23.7. The maximum atomic E-state index is 12.5. The minimum atomic E-state index is -0.112. The summed E-state index contributed by atoms with van der Waals surface area (Å²) < 4.78 is 11.4. The van der Waals surface area contributed by atoms with Gasteiger partial charge >= 0.3 is 0 Å². The van der Waals surface area contributed by atoms with Crippen LogP contribution in [0.15, 0.2) is 10.9 Å². The van der Waals surface area contributed by atoms with Crippen molar-refractivity contribution in [2.75, 3.05) is 18.5 Å². The lowest BCUT2D eigenvalue weighted by Gasteiger charge is -2.22. The van der Waals surface area contributed by atoms with Crippen molar-refractivity contribution in [3.8, 4) is 0 Å². The Morgan fingerprint density at radius 3 is 3.04 bits per heavy atom. The molecule has 8 heteroatoms. The molecule has 122 valence electrons. The van der Waals surface area contributed by atoms with Crippen LogP contribution < -0.4 is 10.9 Å². The number of fused-ring (bicyclic) bond motifs is 1. The van der Waals surface area contributed by atoms with E-state index in [0.29, 0.717) is 13.2 Å². The number of rotatable bonds is 3. The van der Waals surface area contributed by atoms with Crippen LogP contribution in [0.25, 0.3) is 0 Å². The molecule has 3 heterocycles. The molecule has 2 aromatic rings. The van der Waals surface area contributed by atoms with Crippen LogP contribution in [0, 0.1) is 6.92 Å². The Hall–Kier alpha value is -1.80. The maximum absolute atomic E-state index is 12.5. The van der Waals surface area contributed by atoms with Crippen molar-refractivity contribution in [3.05, 3.63) is 33.5 Å². The van der Waals surface area contributed by atoms with Crippen LogP contribution >= 0.6 is 11.5 Å². The average molecular weight is 333 g/mol. The van der Waals surface area contributed by atoms with Crippen molar-refractivity contribution in [1.82, 2.24) is 19.1 Å². The predicted molar refractivity (Wildman–Crippen MR) is 87.1 cm³/mol. The third kappa shape index (κ3) is 2.88. The van der Waals surface area contributed by atoms with E-state index < -0.39 is 0 Å². The Morgan fingerprint density at radius 1 is 1.35 bits per heavy atom. The molecule has 23 heavy (non-hydrogen) atoms. The van der Waals surface area contributed by atoms with Crippen molar-refractivity contribution in [1.29, 1.82) is 0 Å². The minimum absolute atomic E-state index is 0.0193. The molecule has 0 spiro atoms. The highest BCUT2D eigenvalue weighted by Gasteiger charge is 2.32. The van der Waals surface area contributed by atoms with Gasteiger partial charge in [-0.15, -0.1) is 0 Å². The number of nitrogens with zero attached hydrogens (tertiary/aromatic N) is 4. The highest BCUT2D eigenvalue weighted by molar-refractivity contribution is 7.09. The summed E-state index contributed by atoms with van der Waals surface area (Å²) in [5.74, 6) is 0.747. The highest BCUT2D eigenvalue weighted by atomic mass is 32.1. The molecule has 2 atom stereocenters. The monoisotopic (exact) mass is 333 g/mol. The molecular formula is C15H19N5O2S. The van der Waals surface area contributed by atoms with Gasteiger partial charge in [-0.25, -0.2) is 9.67 Å². The summed E-state index contributed by atoms with van der Waals surface area (Å²) in [6.07, 6.45) is 4.21. The summed E-state index contributed by atoms with van der Waals surface area (Å²) in [4.78, 5) is 16.8. The van der Waals surface area contributed by atoms with E-state index in [2.05, 4.69) is 19.8 Å². The third-order valence-corrected chi connectivity index (χ3v) is 5.17. The van der Waals surface area contributed by atoms with Crippen molar-refractivity contribution in [2.24, 2.45) is 0 Å². The van der Waals surface area contributed by atoms with Crippen LogP contribution in [-0.2, 0) is 17.6 Å². The molecule has 0 bridgehead atoms. The average Bonchev–Trinajstić information content (AvgIpc) is 3.16. The zero-order chi connectivity index (χ0) is 15.8. The van der Waals surface area contributed by atoms with Gasteiger partial charge in [0.2, 0.25) is 5.13 Å². The van der Waals surface area contributed by atoms with E-state index in [0.717, 1.165) is 47.9 Å². The quantitative estimate of drug-likeness (QED) is 0.913. The lowest BCUT2D eigenvalue weighted by molar-refractivity contribution is 0.182. The Labute approximate surface area is 137 Å². The van der Waals surface area contributed by atoms with E-state index in [1.54, 1.807) is 10.7 Å². The van der Waals surface area contributed by atoms with E-state index in [1.807, 2.05) is 6.92 Å². The Bertz CT molecular complexity index is 771. The molecule has 7 nitrogen and oxygen atoms in total.